The number of benzene rings is 1. The van der Waals surface area contributed by atoms with Crippen molar-refractivity contribution in [2.24, 2.45) is 0 Å². The summed E-state index contributed by atoms with van der Waals surface area (Å²) in [5, 5.41) is 0.247. The Labute approximate surface area is 145 Å². The number of amides is 1. The van der Waals surface area contributed by atoms with Crippen LogP contribution in [-0.4, -0.2) is 61.7 Å². The predicted octanol–water partition coefficient (Wildman–Crippen LogP) is 1.28. The number of esters is 1. The molecule has 0 aliphatic carbocycles. The second kappa shape index (κ2) is 7.31. The van der Waals surface area contributed by atoms with E-state index in [0.717, 1.165) is 5.56 Å². The number of thiocarbonyl (C=S) groups is 1. The molecule has 128 valence electrons. The molecule has 24 heavy (non-hydrogen) atoms. The number of rotatable bonds is 5. The fourth-order valence-electron chi connectivity index (χ4n) is 2.24. The standard InChI is InChI=1S/C16H18N2O5S/c1-17-11(15(20)18(16(17)24)9-14(19)23-4)7-10-5-6-12(21-2)13(8-10)22-3/h5-8H,9H2,1-4H3/b11-7-. The molecule has 7 nitrogen and oxygen atoms in total. The molecule has 2 rings (SSSR count). The molecule has 1 aliphatic rings. The van der Waals surface area contributed by atoms with E-state index in [9.17, 15) is 9.59 Å². The molecule has 0 atom stereocenters. The van der Waals surface area contributed by atoms with Gasteiger partial charge in [0.2, 0.25) is 0 Å². The van der Waals surface area contributed by atoms with E-state index in [-0.39, 0.29) is 17.6 Å². The summed E-state index contributed by atoms with van der Waals surface area (Å²) < 4.78 is 15.0. The molecule has 0 spiro atoms. The first kappa shape index (κ1) is 17.7. The van der Waals surface area contributed by atoms with Crippen molar-refractivity contribution in [2.75, 3.05) is 34.9 Å². The van der Waals surface area contributed by atoms with Gasteiger partial charge in [0.15, 0.2) is 16.6 Å². The van der Waals surface area contributed by atoms with Gasteiger partial charge in [0, 0.05) is 7.05 Å². The maximum atomic E-state index is 12.5. The van der Waals surface area contributed by atoms with Crippen LogP contribution in [0.15, 0.2) is 23.9 Å². The van der Waals surface area contributed by atoms with Gasteiger partial charge in [-0.3, -0.25) is 14.5 Å². The van der Waals surface area contributed by atoms with Gasteiger partial charge in [0.25, 0.3) is 5.91 Å². The molecule has 0 N–H and O–H groups in total. The van der Waals surface area contributed by atoms with Gasteiger partial charge in [0.05, 0.1) is 21.3 Å². The Kier molecular flexibility index (Phi) is 5.40. The van der Waals surface area contributed by atoms with Gasteiger partial charge in [-0.1, -0.05) is 6.07 Å². The van der Waals surface area contributed by atoms with Crippen molar-refractivity contribution < 1.29 is 23.8 Å². The Balaban J connectivity index is 2.34. The molecule has 1 aromatic rings. The van der Waals surface area contributed by atoms with Crippen LogP contribution in [0.4, 0.5) is 0 Å². The monoisotopic (exact) mass is 350 g/mol. The maximum Gasteiger partial charge on any atom is 0.325 e. The van der Waals surface area contributed by atoms with E-state index < -0.39 is 5.97 Å². The minimum absolute atomic E-state index is 0.220. The van der Waals surface area contributed by atoms with Crippen molar-refractivity contribution in [2.45, 2.75) is 0 Å². The Hall–Kier alpha value is -2.61. The van der Waals surface area contributed by atoms with E-state index in [2.05, 4.69) is 4.74 Å². The first-order valence-electron chi connectivity index (χ1n) is 7.03. The Morgan fingerprint density at radius 1 is 1.21 bits per heavy atom. The van der Waals surface area contributed by atoms with E-state index in [4.69, 9.17) is 21.7 Å². The summed E-state index contributed by atoms with van der Waals surface area (Å²) in [6.07, 6.45) is 1.67. The third kappa shape index (κ3) is 3.33. The number of methoxy groups -OCH3 is 3. The molecule has 1 fully saturated rings. The molecule has 1 amide bonds. The molecular weight excluding hydrogens is 332 g/mol. The Morgan fingerprint density at radius 3 is 2.46 bits per heavy atom. The van der Waals surface area contributed by atoms with Crippen molar-refractivity contribution in [1.29, 1.82) is 0 Å². The van der Waals surface area contributed by atoms with Crippen LogP contribution >= 0.6 is 12.2 Å². The summed E-state index contributed by atoms with van der Waals surface area (Å²) in [5.74, 6) is 0.247. The van der Waals surface area contributed by atoms with Gasteiger partial charge in [-0.2, -0.15) is 0 Å². The average molecular weight is 350 g/mol. The lowest BCUT2D eigenvalue weighted by Gasteiger charge is -2.14. The number of ether oxygens (including phenoxy) is 3. The minimum Gasteiger partial charge on any atom is -0.493 e. The topological polar surface area (TPSA) is 68.3 Å². The largest absolute Gasteiger partial charge is 0.493 e. The Bertz CT molecular complexity index is 716. The number of carbonyl (C=O) groups is 2. The number of hydrogen-bond donors (Lipinski definition) is 0. The number of likely N-dealkylation sites (N-methyl/N-ethyl adjacent to an activating group) is 1. The van der Waals surface area contributed by atoms with Gasteiger partial charge in [0.1, 0.15) is 12.2 Å². The first-order chi connectivity index (χ1) is 11.4. The fourth-order valence-corrected chi connectivity index (χ4v) is 2.49. The molecular formula is C16H18N2O5S. The van der Waals surface area contributed by atoms with Crippen molar-refractivity contribution >= 4 is 35.3 Å². The highest BCUT2D eigenvalue weighted by Crippen LogP contribution is 2.29. The quantitative estimate of drug-likeness (QED) is 0.450. The zero-order valence-electron chi connectivity index (χ0n) is 13.9. The van der Waals surface area contributed by atoms with E-state index in [1.807, 2.05) is 0 Å². The summed E-state index contributed by atoms with van der Waals surface area (Å²) in [5.41, 5.74) is 1.10. The van der Waals surface area contributed by atoms with Gasteiger partial charge in [-0.25, -0.2) is 0 Å². The molecule has 1 saturated heterocycles. The molecule has 1 heterocycles. The number of carbonyl (C=O) groups excluding carboxylic acids is 2. The average Bonchev–Trinajstić information content (AvgIpc) is 2.79. The van der Waals surface area contributed by atoms with Crippen molar-refractivity contribution in [3.8, 4) is 11.5 Å². The molecule has 0 saturated carbocycles. The van der Waals surface area contributed by atoms with E-state index in [1.165, 1.54) is 19.1 Å². The summed E-state index contributed by atoms with van der Waals surface area (Å²) >= 11 is 5.23. The number of hydrogen-bond acceptors (Lipinski definition) is 6. The lowest BCUT2D eigenvalue weighted by molar-refractivity contribution is -0.143. The smallest absolute Gasteiger partial charge is 0.325 e. The molecule has 1 aliphatic heterocycles. The normalized spacial score (nSPS) is 15.9. The fraction of sp³-hybridized carbons (Fsp3) is 0.312. The lowest BCUT2D eigenvalue weighted by atomic mass is 10.1. The van der Waals surface area contributed by atoms with Crippen molar-refractivity contribution in [3.05, 3.63) is 29.5 Å². The lowest BCUT2D eigenvalue weighted by Crippen LogP contribution is -2.36. The molecule has 8 heteroatoms. The van der Waals surface area contributed by atoms with Crippen molar-refractivity contribution in [1.82, 2.24) is 9.80 Å². The third-order valence-corrected chi connectivity index (χ3v) is 4.06. The van der Waals surface area contributed by atoms with Crippen LogP contribution in [0.2, 0.25) is 0 Å². The predicted molar refractivity (Wildman–Crippen MR) is 91.6 cm³/mol. The van der Waals surface area contributed by atoms with Crippen LogP contribution in [0, 0.1) is 0 Å². The van der Waals surface area contributed by atoms with E-state index in [0.29, 0.717) is 17.2 Å². The number of nitrogens with zero attached hydrogens (tertiary/aromatic N) is 2. The van der Waals surface area contributed by atoms with E-state index in [1.54, 1.807) is 43.3 Å². The minimum atomic E-state index is -0.536. The second-order valence-electron chi connectivity index (χ2n) is 4.95. The molecule has 0 aromatic heterocycles. The van der Waals surface area contributed by atoms with Crippen LogP contribution in [0.5, 0.6) is 11.5 Å². The highest BCUT2D eigenvalue weighted by molar-refractivity contribution is 7.80. The van der Waals surface area contributed by atoms with Crippen molar-refractivity contribution in [3.63, 3.8) is 0 Å². The second-order valence-corrected chi connectivity index (χ2v) is 5.32. The summed E-state index contributed by atoms with van der Waals surface area (Å²) in [6, 6.07) is 5.29. The van der Waals surface area contributed by atoms with Gasteiger partial charge >= 0.3 is 5.97 Å². The Morgan fingerprint density at radius 2 is 1.88 bits per heavy atom. The highest BCUT2D eigenvalue weighted by atomic mass is 32.1. The van der Waals surface area contributed by atoms with Gasteiger partial charge in [-0.05, 0) is 36.0 Å². The SMILES string of the molecule is COC(=O)CN1C(=O)/C(=C/c2ccc(OC)c(OC)c2)N(C)C1=S. The van der Waals surface area contributed by atoms with Gasteiger partial charge in [-0.15, -0.1) is 0 Å². The van der Waals surface area contributed by atoms with Gasteiger partial charge < -0.3 is 19.1 Å². The summed E-state index contributed by atoms with van der Waals surface area (Å²) in [6.45, 7) is -0.220. The molecule has 0 bridgehead atoms. The van der Waals surface area contributed by atoms with E-state index >= 15 is 0 Å². The summed E-state index contributed by atoms with van der Waals surface area (Å²) in [4.78, 5) is 26.7. The van der Waals surface area contributed by atoms with Crippen LogP contribution in [-0.2, 0) is 14.3 Å². The molecule has 0 unspecified atom stereocenters. The van der Waals surface area contributed by atoms with Crippen LogP contribution < -0.4 is 9.47 Å². The zero-order valence-corrected chi connectivity index (χ0v) is 14.7. The summed E-state index contributed by atoms with van der Waals surface area (Å²) in [7, 11) is 6.02. The highest BCUT2D eigenvalue weighted by Gasteiger charge is 2.37. The van der Waals surface area contributed by atoms with Crippen LogP contribution in [0.1, 0.15) is 5.56 Å². The van der Waals surface area contributed by atoms with Crippen LogP contribution in [0.3, 0.4) is 0 Å². The first-order valence-corrected chi connectivity index (χ1v) is 7.43. The third-order valence-electron chi connectivity index (χ3n) is 3.57. The molecule has 1 aromatic carbocycles. The molecule has 0 radical (unpaired) electrons. The van der Waals surface area contributed by atoms with Crippen LogP contribution in [0.25, 0.3) is 6.08 Å². The maximum absolute atomic E-state index is 12.5. The zero-order chi connectivity index (χ0) is 17.9.